The van der Waals surface area contributed by atoms with Crippen molar-refractivity contribution in [2.75, 3.05) is 0 Å². The van der Waals surface area contributed by atoms with Gasteiger partial charge in [0.15, 0.2) is 5.43 Å². The van der Waals surface area contributed by atoms with Gasteiger partial charge >= 0.3 is 0 Å². The number of benzene rings is 2. The molecule has 2 nitrogen and oxygen atoms in total. The summed E-state index contributed by atoms with van der Waals surface area (Å²) in [6.07, 6.45) is 3.31. The summed E-state index contributed by atoms with van der Waals surface area (Å²) in [5.74, 6) is -2.98. The lowest BCUT2D eigenvalue weighted by Crippen LogP contribution is -2.10. The molecular formula is C22H13F4NO. The molecule has 0 saturated carbocycles. The molecule has 0 radical (unpaired) electrons. The van der Waals surface area contributed by atoms with Crippen LogP contribution in [0.2, 0.25) is 0 Å². The highest BCUT2D eigenvalue weighted by Gasteiger charge is 2.17. The second-order valence-corrected chi connectivity index (χ2v) is 6.39. The first-order valence-electron chi connectivity index (χ1n) is 8.46. The van der Waals surface area contributed by atoms with Gasteiger partial charge in [-0.05, 0) is 35.4 Å². The summed E-state index contributed by atoms with van der Waals surface area (Å²) in [6.45, 7) is 0. The summed E-state index contributed by atoms with van der Waals surface area (Å²) in [5, 5.41) is 0. The Balaban J connectivity index is 1.84. The van der Waals surface area contributed by atoms with E-state index in [0.29, 0.717) is 16.6 Å². The fourth-order valence-electron chi connectivity index (χ4n) is 3.23. The molecule has 4 aromatic rings. The van der Waals surface area contributed by atoms with Crippen LogP contribution in [0.4, 0.5) is 17.6 Å². The Hall–Kier alpha value is -3.41. The van der Waals surface area contributed by atoms with Gasteiger partial charge in [-0.2, -0.15) is 0 Å². The Labute approximate surface area is 157 Å². The highest BCUT2D eigenvalue weighted by atomic mass is 19.1. The second-order valence-electron chi connectivity index (χ2n) is 6.39. The number of halogens is 4. The zero-order chi connectivity index (χ0) is 19.8. The molecule has 2 heterocycles. The van der Waals surface area contributed by atoms with Gasteiger partial charge in [0.1, 0.15) is 23.3 Å². The minimum Gasteiger partial charge on any atom is -0.323 e. The number of pyridine rings is 2. The van der Waals surface area contributed by atoms with Crippen molar-refractivity contribution in [3.63, 3.8) is 0 Å². The first-order valence-corrected chi connectivity index (χ1v) is 8.46. The topological polar surface area (TPSA) is 21.5 Å². The van der Waals surface area contributed by atoms with Gasteiger partial charge in [-0.1, -0.05) is 18.2 Å². The van der Waals surface area contributed by atoms with Gasteiger partial charge in [-0.15, -0.1) is 0 Å². The van der Waals surface area contributed by atoms with Gasteiger partial charge in [-0.3, -0.25) is 4.79 Å². The Morgan fingerprint density at radius 3 is 2.25 bits per heavy atom. The van der Waals surface area contributed by atoms with Crippen molar-refractivity contribution in [1.82, 2.24) is 4.40 Å². The van der Waals surface area contributed by atoms with Gasteiger partial charge < -0.3 is 4.40 Å². The van der Waals surface area contributed by atoms with Crippen LogP contribution in [0, 0.1) is 23.3 Å². The highest BCUT2D eigenvalue weighted by molar-refractivity contribution is 5.80. The molecule has 0 fully saturated rings. The Kier molecular flexibility index (Phi) is 4.47. The van der Waals surface area contributed by atoms with E-state index in [1.807, 2.05) is 0 Å². The SMILES string of the molecule is O=c1ccn2cc(Cc3ccc(F)cc3F)ccc2c1-c1c(F)cccc1F. The minimum atomic E-state index is -0.831. The van der Waals surface area contributed by atoms with Crippen LogP contribution in [-0.4, -0.2) is 4.40 Å². The molecule has 0 aliphatic carbocycles. The monoisotopic (exact) mass is 383 g/mol. The maximum atomic E-state index is 14.2. The van der Waals surface area contributed by atoms with Gasteiger partial charge in [0.25, 0.3) is 0 Å². The molecule has 4 rings (SSSR count). The third-order valence-corrected chi connectivity index (χ3v) is 4.55. The molecule has 28 heavy (non-hydrogen) atoms. The fourth-order valence-corrected chi connectivity index (χ4v) is 3.23. The van der Waals surface area contributed by atoms with E-state index in [0.717, 1.165) is 18.2 Å². The van der Waals surface area contributed by atoms with Crippen LogP contribution in [0.25, 0.3) is 16.6 Å². The zero-order valence-corrected chi connectivity index (χ0v) is 14.4. The van der Waals surface area contributed by atoms with Crippen LogP contribution in [-0.2, 0) is 6.42 Å². The summed E-state index contributed by atoms with van der Waals surface area (Å²) in [7, 11) is 0. The first-order chi connectivity index (χ1) is 13.4. The number of nitrogens with zero attached hydrogens (tertiary/aromatic N) is 1. The van der Waals surface area contributed by atoms with Gasteiger partial charge in [0, 0.05) is 30.9 Å². The maximum absolute atomic E-state index is 14.2. The molecule has 2 aromatic heterocycles. The fraction of sp³-hybridized carbons (Fsp3) is 0.0455. The predicted octanol–water partition coefficient (Wildman–Crippen LogP) is 5.11. The van der Waals surface area contributed by atoms with Gasteiger partial charge in [-0.25, -0.2) is 17.6 Å². The smallest absolute Gasteiger partial charge is 0.190 e. The van der Waals surface area contributed by atoms with E-state index in [-0.39, 0.29) is 17.5 Å². The molecule has 140 valence electrons. The molecule has 0 atom stereocenters. The van der Waals surface area contributed by atoms with Crippen LogP contribution in [0.5, 0.6) is 0 Å². The third kappa shape index (κ3) is 3.17. The lowest BCUT2D eigenvalue weighted by atomic mass is 10.0. The molecule has 0 N–H and O–H groups in total. The largest absolute Gasteiger partial charge is 0.323 e. The summed E-state index contributed by atoms with van der Waals surface area (Å²) in [5.41, 5.74) is 0.325. The van der Waals surface area contributed by atoms with Crippen molar-refractivity contribution >= 4 is 5.52 Å². The van der Waals surface area contributed by atoms with Crippen LogP contribution >= 0.6 is 0 Å². The second kappa shape index (κ2) is 6.96. The lowest BCUT2D eigenvalue weighted by Gasteiger charge is -2.11. The van der Waals surface area contributed by atoms with Gasteiger partial charge in [0.05, 0.1) is 16.6 Å². The van der Waals surface area contributed by atoms with Crippen LogP contribution in [0.1, 0.15) is 11.1 Å². The number of rotatable bonds is 3. The Morgan fingerprint density at radius 2 is 1.54 bits per heavy atom. The average molecular weight is 383 g/mol. The molecule has 0 amide bonds. The summed E-state index contributed by atoms with van der Waals surface area (Å²) < 4.78 is 57.0. The molecule has 0 unspecified atom stereocenters. The summed E-state index contributed by atoms with van der Waals surface area (Å²) in [4.78, 5) is 12.4. The van der Waals surface area contributed by atoms with Crippen molar-refractivity contribution in [1.29, 1.82) is 0 Å². The van der Waals surface area contributed by atoms with E-state index in [1.165, 1.54) is 30.5 Å². The van der Waals surface area contributed by atoms with E-state index in [2.05, 4.69) is 0 Å². The average Bonchev–Trinajstić information content (AvgIpc) is 2.65. The van der Waals surface area contributed by atoms with Gasteiger partial charge in [0.2, 0.25) is 0 Å². The van der Waals surface area contributed by atoms with Crippen LogP contribution in [0.15, 0.2) is 71.8 Å². The summed E-state index contributed by atoms with van der Waals surface area (Å²) >= 11 is 0. The standard InChI is InChI=1S/C22H13F4NO/c23-15-6-5-14(18(26)11-15)10-13-4-7-19-22(20(28)8-9-27(19)12-13)21-16(24)2-1-3-17(21)25/h1-9,11-12H,10H2. The Bertz CT molecular complexity index is 1240. The van der Waals surface area contributed by atoms with E-state index in [9.17, 15) is 22.4 Å². The van der Waals surface area contributed by atoms with E-state index in [1.54, 1.807) is 22.7 Å². The van der Waals surface area contributed by atoms with Crippen molar-refractivity contribution in [3.05, 3.63) is 112 Å². The molecule has 0 aliphatic heterocycles. The molecule has 6 heteroatoms. The molecule has 2 aromatic carbocycles. The zero-order valence-electron chi connectivity index (χ0n) is 14.4. The van der Waals surface area contributed by atoms with E-state index >= 15 is 0 Å². The number of aromatic nitrogens is 1. The van der Waals surface area contributed by atoms with Crippen molar-refractivity contribution < 1.29 is 17.6 Å². The maximum Gasteiger partial charge on any atom is 0.190 e. The lowest BCUT2D eigenvalue weighted by molar-refractivity contribution is 0.574. The predicted molar refractivity (Wildman–Crippen MR) is 98.2 cm³/mol. The quantitative estimate of drug-likeness (QED) is 0.451. The number of hydrogen-bond donors (Lipinski definition) is 0. The molecule has 0 saturated heterocycles. The van der Waals surface area contributed by atoms with Crippen LogP contribution < -0.4 is 5.43 Å². The normalized spacial score (nSPS) is 11.1. The molecule has 0 spiro atoms. The van der Waals surface area contributed by atoms with Crippen molar-refractivity contribution in [3.8, 4) is 11.1 Å². The number of hydrogen-bond acceptors (Lipinski definition) is 1. The minimum absolute atomic E-state index is 0.0855. The highest BCUT2D eigenvalue weighted by Crippen LogP contribution is 2.27. The first kappa shape index (κ1) is 18.0. The van der Waals surface area contributed by atoms with E-state index in [4.69, 9.17) is 0 Å². The van der Waals surface area contributed by atoms with Crippen LogP contribution in [0.3, 0.4) is 0 Å². The van der Waals surface area contributed by atoms with Crippen molar-refractivity contribution in [2.24, 2.45) is 0 Å². The third-order valence-electron chi connectivity index (χ3n) is 4.55. The molecule has 0 aliphatic rings. The summed E-state index contributed by atoms with van der Waals surface area (Å²) in [6, 6.07) is 11.2. The number of fused-ring (bicyclic) bond motifs is 1. The molecule has 0 bridgehead atoms. The van der Waals surface area contributed by atoms with E-state index < -0.39 is 28.7 Å². The molecular weight excluding hydrogens is 370 g/mol. The Morgan fingerprint density at radius 1 is 0.786 bits per heavy atom. The van der Waals surface area contributed by atoms with Crippen molar-refractivity contribution in [2.45, 2.75) is 6.42 Å².